The summed E-state index contributed by atoms with van der Waals surface area (Å²) >= 11 is 0. The quantitative estimate of drug-likeness (QED) is 0.635. The van der Waals surface area contributed by atoms with Crippen molar-refractivity contribution in [3.05, 3.63) is 29.6 Å². The molecule has 0 aliphatic rings. The number of aliphatic hydroxyl groups is 1. The van der Waals surface area contributed by atoms with Gasteiger partial charge in [0.1, 0.15) is 13.7 Å². The van der Waals surface area contributed by atoms with Crippen LogP contribution < -0.4 is 5.46 Å². The first-order valence-corrected chi connectivity index (χ1v) is 4.10. The van der Waals surface area contributed by atoms with Crippen LogP contribution >= 0.6 is 0 Å². The molecule has 0 amide bonds. The molecule has 0 saturated carbocycles. The molecule has 12 heavy (non-hydrogen) atoms. The summed E-state index contributed by atoms with van der Waals surface area (Å²) in [6, 6.07) is 4.78. The van der Waals surface area contributed by atoms with Crippen molar-refractivity contribution in [1.82, 2.24) is 0 Å². The zero-order valence-electron chi connectivity index (χ0n) is 7.34. The number of hydrogen-bond acceptors (Lipinski definition) is 1. The molecule has 0 saturated heterocycles. The van der Waals surface area contributed by atoms with Crippen LogP contribution in [0.5, 0.6) is 0 Å². The van der Waals surface area contributed by atoms with Crippen LogP contribution in [0.3, 0.4) is 0 Å². The van der Waals surface area contributed by atoms with E-state index in [-0.39, 0.29) is 5.82 Å². The average Bonchev–Trinajstić information content (AvgIpc) is 2.08. The highest BCUT2D eigenvalue weighted by Crippen LogP contribution is 2.13. The van der Waals surface area contributed by atoms with Crippen LogP contribution in [0.4, 0.5) is 4.39 Å². The van der Waals surface area contributed by atoms with E-state index < -0.39 is 6.10 Å². The van der Waals surface area contributed by atoms with Crippen molar-refractivity contribution in [3.63, 3.8) is 0 Å². The van der Waals surface area contributed by atoms with E-state index in [1.54, 1.807) is 20.0 Å². The monoisotopic (exact) mass is 166 g/mol. The lowest BCUT2D eigenvalue weighted by Crippen LogP contribution is -2.17. The van der Waals surface area contributed by atoms with E-state index in [9.17, 15) is 9.50 Å². The molecule has 64 valence electrons. The SMILES string of the molecule is Bc1c(F)cccc1[C@H](O)CC. The molecule has 1 atom stereocenters. The third-order valence-corrected chi connectivity index (χ3v) is 2.06. The van der Waals surface area contributed by atoms with Crippen LogP contribution in [0.25, 0.3) is 0 Å². The minimum absolute atomic E-state index is 0.250. The lowest BCUT2D eigenvalue weighted by atomic mass is 9.87. The average molecular weight is 166 g/mol. The number of aliphatic hydroxyl groups excluding tert-OH is 1. The zero-order valence-corrected chi connectivity index (χ0v) is 7.34. The maximum Gasteiger partial charge on any atom is 0.143 e. The van der Waals surface area contributed by atoms with Gasteiger partial charge in [0, 0.05) is 0 Å². The second-order valence-electron chi connectivity index (χ2n) is 2.88. The molecule has 3 heteroatoms. The van der Waals surface area contributed by atoms with Gasteiger partial charge in [0.15, 0.2) is 0 Å². The van der Waals surface area contributed by atoms with Crippen LogP contribution in [-0.2, 0) is 0 Å². The molecule has 0 unspecified atom stereocenters. The molecule has 1 rings (SSSR count). The summed E-state index contributed by atoms with van der Waals surface area (Å²) in [5.74, 6) is -0.250. The Bertz CT molecular complexity index is 275. The second-order valence-corrected chi connectivity index (χ2v) is 2.88. The van der Waals surface area contributed by atoms with Gasteiger partial charge in [-0.2, -0.15) is 0 Å². The number of halogens is 1. The van der Waals surface area contributed by atoms with Gasteiger partial charge in [-0.3, -0.25) is 0 Å². The molecular weight excluding hydrogens is 154 g/mol. The molecule has 1 aromatic carbocycles. The highest BCUT2D eigenvalue weighted by atomic mass is 19.1. The van der Waals surface area contributed by atoms with E-state index in [1.165, 1.54) is 6.07 Å². The van der Waals surface area contributed by atoms with Crippen LogP contribution in [0.15, 0.2) is 18.2 Å². The second kappa shape index (κ2) is 3.72. The third-order valence-electron chi connectivity index (χ3n) is 2.06. The lowest BCUT2D eigenvalue weighted by Gasteiger charge is -2.11. The molecule has 0 radical (unpaired) electrons. The molecule has 0 aliphatic carbocycles. The summed E-state index contributed by atoms with van der Waals surface area (Å²) in [6.45, 7) is 1.87. The Morgan fingerprint density at radius 1 is 1.58 bits per heavy atom. The van der Waals surface area contributed by atoms with Crippen LogP contribution in [0.2, 0.25) is 0 Å². The van der Waals surface area contributed by atoms with Crippen LogP contribution in [-0.4, -0.2) is 13.0 Å². The van der Waals surface area contributed by atoms with Crippen molar-refractivity contribution in [3.8, 4) is 0 Å². The lowest BCUT2D eigenvalue weighted by molar-refractivity contribution is 0.174. The molecule has 1 nitrogen and oxygen atoms in total. The van der Waals surface area contributed by atoms with Gasteiger partial charge in [0.05, 0.1) is 6.10 Å². The van der Waals surface area contributed by atoms with Gasteiger partial charge >= 0.3 is 0 Å². The highest BCUT2D eigenvalue weighted by Gasteiger charge is 2.09. The number of benzene rings is 1. The van der Waals surface area contributed by atoms with Crippen LogP contribution in [0.1, 0.15) is 25.0 Å². The Morgan fingerprint density at radius 3 is 2.83 bits per heavy atom. The van der Waals surface area contributed by atoms with Gasteiger partial charge in [-0.25, -0.2) is 4.39 Å². The zero-order chi connectivity index (χ0) is 9.14. The van der Waals surface area contributed by atoms with E-state index >= 15 is 0 Å². The third kappa shape index (κ3) is 1.67. The summed E-state index contributed by atoms with van der Waals surface area (Å²) < 4.78 is 13.0. The minimum atomic E-state index is -0.541. The van der Waals surface area contributed by atoms with Crippen molar-refractivity contribution in [2.24, 2.45) is 0 Å². The fourth-order valence-corrected chi connectivity index (χ4v) is 1.21. The Morgan fingerprint density at radius 2 is 2.25 bits per heavy atom. The molecule has 0 aliphatic heterocycles. The van der Waals surface area contributed by atoms with Crippen molar-refractivity contribution in [2.45, 2.75) is 19.4 Å². The topological polar surface area (TPSA) is 20.2 Å². The minimum Gasteiger partial charge on any atom is -0.388 e. The molecule has 0 bridgehead atoms. The summed E-state index contributed by atoms with van der Waals surface area (Å²) in [7, 11) is 1.68. The first-order valence-electron chi connectivity index (χ1n) is 4.10. The smallest absolute Gasteiger partial charge is 0.143 e. The normalized spacial score (nSPS) is 12.9. The van der Waals surface area contributed by atoms with E-state index in [0.717, 1.165) is 0 Å². The Balaban J connectivity index is 3.07. The van der Waals surface area contributed by atoms with Gasteiger partial charge in [0.25, 0.3) is 0 Å². The first-order chi connectivity index (χ1) is 5.66. The Hall–Kier alpha value is -0.825. The van der Waals surface area contributed by atoms with E-state index in [2.05, 4.69) is 0 Å². The molecule has 1 N–H and O–H groups in total. The van der Waals surface area contributed by atoms with E-state index in [4.69, 9.17) is 0 Å². The molecule has 0 heterocycles. The van der Waals surface area contributed by atoms with Gasteiger partial charge in [0.2, 0.25) is 0 Å². The number of hydrogen-bond donors (Lipinski definition) is 1. The van der Waals surface area contributed by atoms with E-state index in [0.29, 0.717) is 17.4 Å². The fraction of sp³-hybridized carbons (Fsp3) is 0.333. The Kier molecular flexibility index (Phi) is 2.87. The predicted molar refractivity (Wildman–Crippen MR) is 49.8 cm³/mol. The summed E-state index contributed by atoms with van der Waals surface area (Å²) in [5, 5.41) is 9.47. The first kappa shape index (κ1) is 9.26. The molecule has 1 aromatic rings. The van der Waals surface area contributed by atoms with Crippen molar-refractivity contribution < 1.29 is 9.50 Å². The van der Waals surface area contributed by atoms with Crippen LogP contribution in [0, 0.1) is 5.82 Å². The van der Waals surface area contributed by atoms with Gasteiger partial charge in [-0.15, -0.1) is 0 Å². The summed E-state index contributed by atoms with van der Waals surface area (Å²) in [5.41, 5.74) is 1.24. The maximum atomic E-state index is 13.0. The molecular formula is C9H12BFO. The van der Waals surface area contributed by atoms with Crippen molar-refractivity contribution in [2.75, 3.05) is 0 Å². The highest BCUT2D eigenvalue weighted by molar-refractivity contribution is 6.33. The molecule has 0 spiro atoms. The predicted octanol–water partition coefficient (Wildman–Crippen LogP) is 0.528. The van der Waals surface area contributed by atoms with E-state index in [1.807, 2.05) is 6.92 Å². The standard InChI is InChI=1S/C9H12BFO/c1-2-8(12)6-4-3-5-7(11)9(6)10/h3-5,8,12H,2,10H2,1H3/t8-/m1/s1. The molecule has 0 fully saturated rings. The summed E-state index contributed by atoms with van der Waals surface area (Å²) in [4.78, 5) is 0. The largest absolute Gasteiger partial charge is 0.388 e. The van der Waals surface area contributed by atoms with Gasteiger partial charge in [-0.05, 0) is 23.5 Å². The maximum absolute atomic E-state index is 13.0. The van der Waals surface area contributed by atoms with Crippen molar-refractivity contribution >= 4 is 13.3 Å². The van der Waals surface area contributed by atoms with Gasteiger partial charge < -0.3 is 5.11 Å². The summed E-state index contributed by atoms with van der Waals surface area (Å²) in [6.07, 6.45) is 0.0744. The van der Waals surface area contributed by atoms with Crippen molar-refractivity contribution in [1.29, 1.82) is 0 Å². The molecule has 0 aromatic heterocycles. The number of rotatable bonds is 2. The van der Waals surface area contributed by atoms with Gasteiger partial charge in [-0.1, -0.05) is 19.1 Å². The fourth-order valence-electron chi connectivity index (χ4n) is 1.21. The Labute approximate surface area is 72.6 Å².